The zero-order valence-electron chi connectivity index (χ0n) is 32.0. The average Bonchev–Trinajstić information content (AvgIpc) is 3.05. The van der Waals surface area contributed by atoms with E-state index in [2.05, 4.69) is 53.7 Å². The summed E-state index contributed by atoms with van der Waals surface area (Å²) in [5.41, 5.74) is 0. The van der Waals surface area contributed by atoms with Gasteiger partial charge >= 0.3 is 5.97 Å². The third-order valence-electron chi connectivity index (χ3n) is 8.76. The van der Waals surface area contributed by atoms with Crippen LogP contribution in [0.25, 0.3) is 0 Å². The van der Waals surface area contributed by atoms with Crippen LogP contribution in [-0.4, -0.2) is 62.5 Å². The van der Waals surface area contributed by atoms with Crippen molar-refractivity contribution in [1.29, 1.82) is 0 Å². The van der Waals surface area contributed by atoms with E-state index in [-0.39, 0.29) is 23.9 Å². The highest BCUT2D eigenvalue weighted by atomic mass is 16.5. The molecule has 0 aromatic heterocycles. The van der Waals surface area contributed by atoms with Crippen LogP contribution in [0.3, 0.4) is 0 Å². The zero-order chi connectivity index (χ0) is 35.3. The molecule has 0 saturated heterocycles. The number of ether oxygens (including phenoxy) is 1. The van der Waals surface area contributed by atoms with Crippen LogP contribution in [0.15, 0.2) is 24.3 Å². The quantitative estimate of drug-likeness (QED) is 0.0397. The molecule has 0 radical (unpaired) electrons. The van der Waals surface area contributed by atoms with Gasteiger partial charge in [0.15, 0.2) is 0 Å². The first kappa shape index (κ1) is 45.9. The van der Waals surface area contributed by atoms with Gasteiger partial charge in [-0.15, -0.1) is 0 Å². The van der Waals surface area contributed by atoms with Crippen molar-refractivity contribution in [2.75, 3.05) is 33.7 Å². The molecular formula is C41H77N3O4. The van der Waals surface area contributed by atoms with E-state index in [1.54, 1.807) is 0 Å². The van der Waals surface area contributed by atoms with E-state index in [1.807, 2.05) is 14.1 Å². The van der Waals surface area contributed by atoms with Crippen molar-refractivity contribution in [2.45, 2.75) is 187 Å². The highest BCUT2D eigenvalue weighted by Gasteiger charge is 2.14. The van der Waals surface area contributed by atoms with Gasteiger partial charge in [0.1, 0.15) is 6.10 Å². The minimum absolute atomic E-state index is 0.00666. The molecule has 2 amide bonds. The molecular weight excluding hydrogens is 598 g/mol. The fraction of sp³-hybridized carbons (Fsp3) is 0.829. The maximum absolute atomic E-state index is 12.5. The smallest absolute Gasteiger partial charge is 0.306 e. The third-order valence-corrected chi connectivity index (χ3v) is 8.76. The minimum Gasteiger partial charge on any atom is -0.462 e. The molecule has 0 atom stereocenters. The van der Waals surface area contributed by atoms with Gasteiger partial charge in [-0.1, -0.05) is 115 Å². The Morgan fingerprint density at radius 2 is 0.979 bits per heavy atom. The second kappa shape index (κ2) is 36.1. The van der Waals surface area contributed by atoms with Crippen molar-refractivity contribution >= 4 is 17.8 Å². The number of allylic oxidation sites excluding steroid dienone is 2. The van der Waals surface area contributed by atoms with Crippen molar-refractivity contribution in [2.24, 2.45) is 0 Å². The van der Waals surface area contributed by atoms with Crippen LogP contribution in [0.4, 0.5) is 0 Å². The van der Waals surface area contributed by atoms with Gasteiger partial charge in [0, 0.05) is 32.4 Å². The number of nitrogens with one attached hydrogen (secondary N) is 2. The van der Waals surface area contributed by atoms with Crippen molar-refractivity contribution in [3.63, 3.8) is 0 Å². The average molecular weight is 676 g/mol. The van der Waals surface area contributed by atoms with Gasteiger partial charge < -0.3 is 20.3 Å². The van der Waals surface area contributed by atoms with E-state index < -0.39 is 0 Å². The van der Waals surface area contributed by atoms with Gasteiger partial charge in [0.2, 0.25) is 11.8 Å². The van der Waals surface area contributed by atoms with Crippen LogP contribution >= 0.6 is 0 Å². The summed E-state index contributed by atoms with van der Waals surface area (Å²) in [7, 11) is 4.05. The lowest BCUT2D eigenvalue weighted by molar-refractivity contribution is -0.150. The predicted octanol–water partition coefficient (Wildman–Crippen LogP) is 9.99. The van der Waals surface area contributed by atoms with E-state index in [9.17, 15) is 14.4 Å². The molecule has 0 heterocycles. The number of esters is 1. The lowest BCUT2D eigenvalue weighted by Crippen LogP contribution is -2.22. The van der Waals surface area contributed by atoms with Crippen LogP contribution in [0, 0.1) is 0 Å². The number of unbranched alkanes of at least 4 members (excludes halogenated alkanes) is 16. The summed E-state index contributed by atoms with van der Waals surface area (Å²) in [6.45, 7) is 6.61. The summed E-state index contributed by atoms with van der Waals surface area (Å²) < 4.78 is 5.93. The van der Waals surface area contributed by atoms with Crippen LogP contribution in [0.5, 0.6) is 0 Å². The summed E-state index contributed by atoms with van der Waals surface area (Å²) in [5, 5.41) is 6.00. The van der Waals surface area contributed by atoms with Crippen molar-refractivity contribution in [3.8, 4) is 0 Å². The fourth-order valence-electron chi connectivity index (χ4n) is 5.73. The molecule has 48 heavy (non-hydrogen) atoms. The Balaban J connectivity index is 4.11. The van der Waals surface area contributed by atoms with E-state index in [0.29, 0.717) is 32.4 Å². The molecule has 0 spiro atoms. The first-order valence-electron chi connectivity index (χ1n) is 20.1. The Hall–Kier alpha value is -2.15. The molecule has 0 rings (SSSR count). The largest absolute Gasteiger partial charge is 0.462 e. The zero-order valence-corrected chi connectivity index (χ0v) is 32.0. The Bertz CT molecular complexity index is 760. The van der Waals surface area contributed by atoms with Gasteiger partial charge in [-0.2, -0.15) is 0 Å². The number of nitrogens with zero attached hydrogens (tertiary/aromatic N) is 1. The number of amides is 2. The normalized spacial score (nSPS) is 11.7. The number of hydrogen-bond acceptors (Lipinski definition) is 5. The van der Waals surface area contributed by atoms with Crippen molar-refractivity contribution < 1.29 is 19.1 Å². The Kier molecular flexibility index (Phi) is 34.5. The van der Waals surface area contributed by atoms with Gasteiger partial charge in [-0.05, 0) is 91.3 Å². The topological polar surface area (TPSA) is 87.7 Å². The first-order chi connectivity index (χ1) is 23.4. The number of carbonyl (C=O) groups is 3. The van der Waals surface area contributed by atoms with Crippen LogP contribution in [-0.2, 0) is 19.1 Å². The monoisotopic (exact) mass is 676 g/mol. The molecule has 0 fully saturated rings. The Morgan fingerprint density at radius 3 is 1.44 bits per heavy atom. The summed E-state index contributed by atoms with van der Waals surface area (Å²) in [6.07, 6.45) is 35.7. The molecule has 7 heteroatoms. The predicted molar refractivity (Wildman–Crippen MR) is 204 cm³/mol. The van der Waals surface area contributed by atoms with Crippen LogP contribution < -0.4 is 10.6 Å². The highest BCUT2D eigenvalue weighted by Crippen LogP contribution is 2.18. The maximum Gasteiger partial charge on any atom is 0.306 e. The van der Waals surface area contributed by atoms with E-state index in [1.165, 1.54) is 51.4 Å². The van der Waals surface area contributed by atoms with Crippen LogP contribution in [0.1, 0.15) is 181 Å². The molecule has 0 bridgehead atoms. The first-order valence-corrected chi connectivity index (χ1v) is 20.1. The molecule has 0 aromatic carbocycles. The molecule has 2 N–H and O–H groups in total. The van der Waals surface area contributed by atoms with Gasteiger partial charge in [-0.3, -0.25) is 14.4 Å². The molecule has 0 aliphatic carbocycles. The third kappa shape index (κ3) is 35.2. The number of hydrogen-bond donors (Lipinski definition) is 2. The van der Waals surface area contributed by atoms with E-state index in [4.69, 9.17) is 4.74 Å². The van der Waals surface area contributed by atoms with Gasteiger partial charge in [0.05, 0.1) is 0 Å². The van der Waals surface area contributed by atoms with Gasteiger partial charge in [0.25, 0.3) is 0 Å². The minimum atomic E-state index is -0.0726. The molecule has 0 aromatic rings. The van der Waals surface area contributed by atoms with Crippen molar-refractivity contribution in [3.05, 3.63) is 24.3 Å². The Morgan fingerprint density at radius 1 is 0.542 bits per heavy atom. The Labute approximate surface area is 296 Å². The molecule has 0 aliphatic heterocycles. The molecule has 0 aliphatic rings. The van der Waals surface area contributed by atoms with Crippen LogP contribution in [0.2, 0.25) is 0 Å². The van der Waals surface area contributed by atoms with Crippen molar-refractivity contribution in [1.82, 2.24) is 15.5 Å². The number of carbonyl (C=O) groups excluding carboxylic acids is 3. The second-order valence-electron chi connectivity index (χ2n) is 13.9. The van der Waals surface area contributed by atoms with E-state index in [0.717, 1.165) is 103 Å². The maximum atomic E-state index is 12.5. The lowest BCUT2D eigenvalue weighted by Gasteiger charge is -2.18. The SMILES string of the molecule is CCCCCC/C=C\CNC(=O)CCCCCCCC(CCCCCCCC(=O)NC/C=C\CCCCCC)OC(=O)CCCN(C)C. The summed E-state index contributed by atoms with van der Waals surface area (Å²) in [6, 6.07) is 0. The number of rotatable bonds is 35. The molecule has 0 unspecified atom stereocenters. The molecule has 0 saturated carbocycles. The highest BCUT2D eigenvalue weighted by molar-refractivity contribution is 5.76. The summed E-state index contributed by atoms with van der Waals surface area (Å²) in [5.74, 6) is 0.217. The second-order valence-corrected chi connectivity index (χ2v) is 13.9. The van der Waals surface area contributed by atoms with E-state index >= 15 is 0 Å². The molecule has 280 valence electrons. The fourth-order valence-corrected chi connectivity index (χ4v) is 5.73. The van der Waals surface area contributed by atoms with Gasteiger partial charge in [-0.25, -0.2) is 0 Å². The summed E-state index contributed by atoms with van der Waals surface area (Å²) >= 11 is 0. The summed E-state index contributed by atoms with van der Waals surface area (Å²) in [4.78, 5) is 38.8. The standard InChI is InChI=1S/C41H77N3O4/c1-5-7-9-11-13-21-27-35-42-39(45)32-25-19-15-17-23-30-38(48-41(47)34-29-37-44(3)4)31-24-18-16-20-26-33-40(46)43-36-28-22-14-12-10-8-6-2/h21-22,27-28,38H,5-20,23-26,29-37H2,1-4H3,(H,42,45)(H,43,46)/b27-21-,28-22-. The molecule has 7 nitrogen and oxygen atoms in total. The lowest BCUT2D eigenvalue weighted by atomic mass is 10.0.